The Morgan fingerprint density at radius 1 is 0.455 bits per heavy atom. The van der Waals surface area contributed by atoms with Crippen LogP contribution in [0.15, 0.2) is 0 Å². The number of rotatable bonds is 24. The predicted octanol–water partition coefficient (Wildman–Crippen LogP) is -2.58. The third-order valence-corrected chi connectivity index (χ3v) is 6.50. The van der Waals surface area contributed by atoms with Gasteiger partial charge in [0, 0.05) is 0 Å². The monoisotopic (exact) mass is 602 g/mol. The lowest BCUT2D eigenvalue weighted by Gasteiger charge is -2.22. The molecule has 204 valence electrons. The van der Waals surface area contributed by atoms with E-state index in [9.17, 15) is 10.2 Å². The summed E-state index contributed by atoms with van der Waals surface area (Å²) in [5, 5.41) is 19.7. The molecule has 0 aliphatic rings. The van der Waals surface area contributed by atoms with Crippen LogP contribution in [0.25, 0.3) is 0 Å². The van der Waals surface area contributed by atoms with Crippen LogP contribution >= 0.6 is 0 Å². The molecule has 0 saturated heterocycles. The van der Waals surface area contributed by atoms with E-state index in [4.69, 9.17) is 0 Å². The van der Waals surface area contributed by atoms with Crippen molar-refractivity contribution in [3.8, 4) is 0 Å². The minimum atomic E-state index is -0.196. The molecule has 0 rings (SSSR count). The Labute approximate surface area is 228 Å². The van der Waals surface area contributed by atoms with Gasteiger partial charge in [-0.3, -0.25) is 0 Å². The number of hydrogen-bond donors (Lipinski definition) is 4. The number of nitrogens with one attached hydrogen (secondary N) is 2. The smallest absolute Gasteiger partial charge is 0.103 e. The number of hydrogen-bond acceptors (Lipinski definition) is 2. The van der Waals surface area contributed by atoms with Crippen molar-refractivity contribution in [2.45, 2.75) is 136 Å². The van der Waals surface area contributed by atoms with Crippen LogP contribution in [-0.2, 0) is 0 Å². The first kappa shape index (κ1) is 38.3. The van der Waals surface area contributed by atoms with E-state index in [2.05, 4.69) is 13.8 Å². The van der Waals surface area contributed by atoms with Crippen molar-refractivity contribution in [2.24, 2.45) is 0 Å². The number of unbranched alkanes of at least 4 members (excludes halogenated alkanes) is 12. The van der Waals surface area contributed by atoms with Crippen molar-refractivity contribution in [1.29, 1.82) is 0 Å². The first-order chi connectivity index (χ1) is 15.0. The Morgan fingerprint density at radius 2 is 0.697 bits per heavy atom. The van der Waals surface area contributed by atoms with Crippen LogP contribution in [0, 0.1) is 0 Å². The van der Waals surface area contributed by atoms with Gasteiger partial charge in [0.15, 0.2) is 0 Å². The Morgan fingerprint density at radius 3 is 0.970 bits per heavy atom. The second kappa shape index (κ2) is 29.0. The molecule has 4 nitrogen and oxygen atoms in total. The first-order valence-electron chi connectivity index (χ1n) is 14.0. The molecule has 0 heterocycles. The fraction of sp³-hybridized carbons (Fsp3) is 1.00. The van der Waals surface area contributed by atoms with Crippen LogP contribution in [-0.4, -0.2) is 61.7 Å². The predicted molar refractivity (Wildman–Crippen MR) is 135 cm³/mol. The number of aliphatic hydroxyl groups excluding tert-OH is 2. The van der Waals surface area contributed by atoms with E-state index in [1.165, 1.54) is 122 Å². The van der Waals surface area contributed by atoms with Crippen molar-refractivity contribution < 1.29 is 54.0 Å². The summed E-state index contributed by atoms with van der Waals surface area (Å²) in [6.45, 7) is 15.0. The van der Waals surface area contributed by atoms with Gasteiger partial charge in [-0.1, -0.05) is 65.2 Å². The summed E-state index contributed by atoms with van der Waals surface area (Å²) < 4.78 is 0. The van der Waals surface area contributed by atoms with Crippen molar-refractivity contribution >= 4 is 0 Å². The van der Waals surface area contributed by atoms with Crippen LogP contribution in [0.1, 0.15) is 124 Å². The molecule has 0 aromatic rings. The zero-order valence-electron chi connectivity index (χ0n) is 22.7. The molecule has 4 N–H and O–H groups in total. The Hall–Kier alpha value is 0.800. The highest BCUT2D eigenvalue weighted by Crippen LogP contribution is 2.04. The van der Waals surface area contributed by atoms with Gasteiger partial charge in [-0.25, -0.2) is 0 Å². The summed E-state index contributed by atoms with van der Waals surface area (Å²) in [4.78, 5) is 3.18. The maximum absolute atomic E-state index is 9.86. The maximum atomic E-state index is 9.86. The summed E-state index contributed by atoms with van der Waals surface area (Å²) in [5.74, 6) is 0. The zero-order chi connectivity index (χ0) is 23.2. The lowest BCUT2D eigenvalue weighted by molar-refractivity contribution is -0.905. The van der Waals surface area contributed by atoms with Gasteiger partial charge in [0.05, 0.1) is 26.2 Å². The third kappa shape index (κ3) is 28.9. The van der Waals surface area contributed by atoms with E-state index in [1.807, 2.05) is 13.8 Å². The van der Waals surface area contributed by atoms with Crippen LogP contribution in [0.5, 0.6) is 0 Å². The van der Waals surface area contributed by atoms with Crippen molar-refractivity contribution in [3.05, 3.63) is 0 Å². The van der Waals surface area contributed by atoms with Gasteiger partial charge < -0.3 is 54.0 Å². The van der Waals surface area contributed by atoms with E-state index in [1.54, 1.807) is 9.80 Å². The Kier molecular flexibility index (Phi) is 33.7. The molecular weight excluding hydrogens is 544 g/mol. The van der Waals surface area contributed by atoms with E-state index in [0.29, 0.717) is 0 Å². The zero-order valence-corrected chi connectivity index (χ0v) is 25.8. The van der Waals surface area contributed by atoms with Crippen molar-refractivity contribution in [1.82, 2.24) is 0 Å². The molecule has 4 unspecified atom stereocenters. The van der Waals surface area contributed by atoms with Gasteiger partial charge in [0.25, 0.3) is 0 Å². The molecular formula is C27H60Br2N2O2. The van der Waals surface area contributed by atoms with Crippen LogP contribution in [0.4, 0.5) is 0 Å². The summed E-state index contributed by atoms with van der Waals surface area (Å²) in [5.41, 5.74) is 0. The van der Waals surface area contributed by atoms with Crippen LogP contribution in [0.2, 0.25) is 0 Å². The lowest BCUT2D eigenvalue weighted by atomic mass is 10.1. The van der Waals surface area contributed by atoms with Gasteiger partial charge in [-0.15, -0.1) is 0 Å². The van der Waals surface area contributed by atoms with E-state index < -0.39 is 0 Å². The highest BCUT2D eigenvalue weighted by molar-refractivity contribution is 4.49. The molecule has 0 radical (unpaired) electrons. The van der Waals surface area contributed by atoms with Gasteiger partial charge in [-0.05, 0) is 58.8 Å². The van der Waals surface area contributed by atoms with Crippen molar-refractivity contribution in [3.63, 3.8) is 0 Å². The Balaban J connectivity index is -0.00000450. The SMILES string of the molecule is CCCCCCCC[NH+](CCCCC[NH+](CCCCCCCC)CC(C)O)CC(C)O.[Br-].[Br-]. The highest BCUT2D eigenvalue weighted by atomic mass is 79.9. The summed E-state index contributed by atoms with van der Waals surface area (Å²) in [6.07, 6.45) is 19.6. The van der Waals surface area contributed by atoms with Crippen LogP contribution in [0.3, 0.4) is 0 Å². The van der Waals surface area contributed by atoms with Gasteiger partial charge in [-0.2, -0.15) is 0 Å². The molecule has 0 aliphatic carbocycles. The topological polar surface area (TPSA) is 49.3 Å². The Bertz CT molecular complexity index is 329. The minimum absolute atomic E-state index is 0. The standard InChI is InChI=1S/C27H58N2O2.2BrH/c1-5-7-9-11-13-16-20-28(24-26(3)30)22-18-15-19-23-29(25-27(4)31)21-17-14-12-10-8-6-2;;/h26-27,30-31H,5-25H2,1-4H3;2*1H. The molecule has 0 amide bonds. The van der Waals surface area contributed by atoms with E-state index in [-0.39, 0.29) is 46.2 Å². The molecule has 0 aromatic heterocycles. The molecule has 33 heavy (non-hydrogen) atoms. The fourth-order valence-electron chi connectivity index (χ4n) is 4.73. The van der Waals surface area contributed by atoms with Gasteiger partial charge >= 0.3 is 0 Å². The van der Waals surface area contributed by atoms with E-state index in [0.717, 1.165) is 13.1 Å². The third-order valence-electron chi connectivity index (χ3n) is 6.50. The maximum Gasteiger partial charge on any atom is 0.103 e. The molecule has 0 bridgehead atoms. The molecule has 0 aromatic carbocycles. The largest absolute Gasteiger partial charge is 1.00 e. The quantitative estimate of drug-likeness (QED) is 0.0916. The fourth-order valence-corrected chi connectivity index (χ4v) is 4.73. The summed E-state index contributed by atoms with van der Waals surface area (Å²) in [6, 6.07) is 0. The van der Waals surface area contributed by atoms with Crippen LogP contribution < -0.4 is 43.8 Å². The van der Waals surface area contributed by atoms with Gasteiger partial charge in [0.1, 0.15) is 25.3 Å². The average Bonchev–Trinajstić information content (AvgIpc) is 2.71. The molecule has 0 saturated carbocycles. The number of quaternary nitrogens is 2. The molecule has 6 heteroatoms. The minimum Gasteiger partial charge on any atom is -1.00 e. The number of aliphatic hydroxyl groups is 2. The summed E-state index contributed by atoms with van der Waals surface area (Å²) in [7, 11) is 0. The molecule has 0 spiro atoms. The normalized spacial score (nSPS) is 14.7. The second-order valence-corrected chi connectivity index (χ2v) is 10.2. The first-order valence-corrected chi connectivity index (χ1v) is 14.0. The summed E-state index contributed by atoms with van der Waals surface area (Å²) >= 11 is 0. The number of halogens is 2. The average molecular weight is 605 g/mol. The second-order valence-electron chi connectivity index (χ2n) is 10.2. The molecule has 0 aliphatic heterocycles. The van der Waals surface area contributed by atoms with Gasteiger partial charge in [0.2, 0.25) is 0 Å². The molecule has 4 atom stereocenters. The van der Waals surface area contributed by atoms with E-state index >= 15 is 0 Å². The van der Waals surface area contributed by atoms with Crippen molar-refractivity contribution in [2.75, 3.05) is 39.3 Å². The lowest BCUT2D eigenvalue weighted by Crippen LogP contribution is -3.13. The highest BCUT2D eigenvalue weighted by Gasteiger charge is 2.13. The molecule has 0 fully saturated rings.